The molecule has 0 atom stereocenters. The number of hydrogen-bond acceptors (Lipinski definition) is 5. The van der Waals surface area contributed by atoms with Crippen molar-refractivity contribution in [2.75, 3.05) is 0 Å². The van der Waals surface area contributed by atoms with Gasteiger partial charge in [0, 0.05) is 24.8 Å². The van der Waals surface area contributed by atoms with Crippen LogP contribution in [0.25, 0.3) is 11.0 Å². The molecule has 104 valence electrons. The molecule has 0 radical (unpaired) electrons. The van der Waals surface area contributed by atoms with Crippen LogP contribution >= 0.6 is 0 Å². The molecule has 20 heavy (non-hydrogen) atoms. The van der Waals surface area contributed by atoms with Gasteiger partial charge in [0.1, 0.15) is 6.61 Å². The van der Waals surface area contributed by atoms with Crippen LogP contribution in [0.5, 0.6) is 0 Å². The Labute approximate surface area is 113 Å². The highest BCUT2D eigenvalue weighted by molar-refractivity contribution is 5.92. The molecular formula is C13H13N2O5+. The molecule has 0 saturated heterocycles. The molecule has 1 aromatic heterocycles. The lowest BCUT2D eigenvalue weighted by molar-refractivity contribution is -0.469. The number of aromatic nitrogens is 2. The van der Waals surface area contributed by atoms with Crippen molar-refractivity contribution in [1.82, 2.24) is 4.73 Å². The predicted octanol–water partition coefficient (Wildman–Crippen LogP) is 1.06. The second-order valence-corrected chi connectivity index (χ2v) is 4.23. The van der Waals surface area contributed by atoms with Crippen LogP contribution in [-0.2, 0) is 16.1 Å². The van der Waals surface area contributed by atoms with E-state index in [4.69, 9.17) is 4.74 Å². The van der Waals surface area contributed by atoms with E-state index in [1.54, 1.807) is 12.1 Å². The minimum atomic E-state index is -0.579. The molecule has 0 saturated carbocycles. The fourth-order valence-corrected chi connectivity index (χ4v) is 1.94. The minimum Gasteiger partial charge on any atom is -0.459 e. The number of benzene rings is 1. The Morgan fingerprint density at radius 2 is 1.95 bits per heavy atom. The second kappa shape index (κ2) is 5.12. The van der Waals surface area contributed by atoms with E-state index in [2.05, 4.69) is 0 Å². The van der Waals surface area contributed by atoms with E-state index in [0.29, 0.717) is 9.16 Å². The van der Waals surface area contributed by atoms with E-state index in [1.807, 2.05) is 0 Å². The van der Waals surface area contributed by atoms with Crippen LogP contribution in [0, 0.1) is 4.91 Å². The quantitative estimate of drug-likeness (QED) is 0.392. The first-order valence-corrected chi connectivity index (χ1v) is 5.86. The van der Waals surface area contributed by atoms with Crippen LogP contribution in [0.15, 0.2) is 24.3 Å². The number of esters is 1. The Morgan fingerprint density at radius 3 is 2.55 bits per heavy atom. The number of rotatable bonds is 3. The molecule has 1 N–H and O–H groups in total. The molecule has 1 aromatic carbocycles. The highest BCUT2D eigenvalue weighted by Crippen LogP contribution is 2.15. The van der Waals surface area contributed by atoms with Crippen LogP contribution in [0.1, 0.15) is 30.0 Å². The van der Waals surface area contributed by atoms with Crippen molar-refractivity contribution in [2.24, 2.45) is 0 Å². The maximum atomic E-state index is 12.2. The molecule has 0 amide bonds. The van der Waals surface area contributed by atoms with Gasteiger partial charge in [0.15, 0.2) is 11.2 Å². The molecule has 0 bridgehead atoms. The van der Waals surface area contributed by atoms with Crippen molar-refractivity contribution in [2.45, 2.75) is 20.5 Å². The summed E-state index contributed by atoms with van der Waals surface area (Å²) in [5.41, 5.74) is 0.0373. The number of nitrogens with zero attached hydrogens (tertiary/aromatic N) is 2. The summed E-state index contributed by atoms with van der Waals surface area (Å²) in [6.07, 6.45) is 0. The molecule has 0 fully saturated rings. The van der Waals surface area contributed by atoms with Crippen LogP contribution in [0.2, 0.25) is 0 Å². The SMILES string of the molecule is CC(=O)OCc1c(C(C)=O)[n+](=O)c2ccccc2n1O. The van der Waals surface area contributed by atoms with Gasteiger partial charge in [0.05, 0.1) is 4.43 Å². The van der Waals surface area contributed by atoms with Crippen molar-refractivity contribution in [3.8, 4) is 0 Å². The number of para-hydroxylation sites is 2. The summed E-state index contributed by atoms with van der Waals surface area (Å²) in [4.78, 5) is 34.7. The highest BCUT2D eigenvalue weighted by Gasteiger charge is 2.29. The van der Waals surface area contributed by atoms with Crippen molar-refractivity contribution in [3.05, 3.63) is 40.6 Å². The van der Waals surface area contributed by atoms with Gasteiger partial charge in [-0.15, -0.1) is 0 Å². The van der Waals surface area contributed by atoms with E-state index < -0.39 is 11.8 Å². The summed E-state index contributed by atoms with van der Waals surface area (Å²) in [6.45, 7) is 2.03. The summed E-state index contributed by atoms with van der Waals surface area (Å²) in [6, 6.07) is 6.26. The molecule has 0 aliphatic rings. The van der Waals surface area contributed by atoms with E-state index in [-0.39, 0.29) is 29.0 Å². The molecule has 0 unspecified atom stereocenters. The largest absolute Gasteiger partial charge is 0.459 e. The van der Waals surface area contributed by atoms with Crippen molar-refractivity contribution >= 4 is 22.8 Å². The molecule has 0 spiro atoms. The maximum absolute atomic E-state index is 12.2. The summed E-state index contributed by atoms with van der Waals surface area (Å²) in [5, 5.41) is 10.1. The van der Waals surface area contributed by atoms with Gasteiger partial charge >= 0.3 is 11.7 Å². The van der Waals surface area contributed by atoms with Crippen LogP contribution in [0.3, 0.4) is 0 Å². The smallest absolute Gasteiger partial charge is 0.332 e. The lowest BCUT2D eigenvalue weighted by atomic mass is 10.2. The number of carbonyl (C=O) groups is 2. The fourth-order valence-electron chi connectivity index (χ4n) is 1.94. The number of hydrogen-bond donors (Lipinski definition) is 1. The summed E-state index contributed by atoms with van der Waals surface area (Å²) in [7, 11) is 0. The Hall–Kier alpha value is -2.70. The zero-order valence-corrected chi connectivity index (χ0v) is 11.0. The molecule has 0 aliphatic carbocycles. The van der Waals surface area contributed by atoms with E-state index in [1.165, 1.54) is 26.0 Å². The fraction of sp³-hybridized carbons (Fsp3) is 0.231. The number of ether oxygens (including phenoxy) is 1. The Bertz CT molecular complexity index is 763. The lowest BCUT2D eigenvalue weighted by Crippen LogP contribution is -2.31. The average Bonchev–Trinajstić information content (AvgIpc) is 2.40. The molecule has 7 heteroatoms. The number of fused-ring (bicyclic) bond motifs is 1. The first kappa shape index (κ1) is 13.7. The normalized spacial score (nSPS) is 10.5. The average molecular weight is 277 g/mol. The van der Waals surface area contributed by atoms with Gasteiger partial charge in [-0.2, -0.15) is 4.73 Å². The second-order valence-electron chi connectivity index (χ2n) is 4.23. The predicted molar refractivity (Wildman–Crippen MR) is 68.0 cm³/mol. The minimum absolute atomic E-state index is 0.0681. The van der Waals surface area contributed by atoms with Gasteiger partial charge in [-0.25, -0.2) is 0 Å². The van der Waals surface area contributed by atoms with Crippen LogP contribution in [-0.4, -0.2) is 21.7 Å². The molecule has 7 nitrogen and oxygen atoms in total. The molecule has 0 aliphatic heterocycles. The zero-order valence-electron chi connectivity index (χ0n) is 11.0. The number of Topliss-reactive ketones (excluding diaryl/α,β-unsaturated/α-hetero) is 1. The molecular weight excluding hydrogens is 264 g/mol. The van der Waals surface area contributed by atoms with Gasteiger partial charge in [-0.3, -0.25) is 9.59 Å². The standard InChI is InChI=1S/C13H13N2O5/c1-8(16)13-12(7-20-9(2)17)14(18)10-5-3-4-6-11(10)15(13)19/h3-6,18H,7H2,1-2H3/q+1. The molecule has 2 aromatic rings. The van der Waals surface area contributed by atoms with Crippen molar-refractivity contribution in [1.29, 1.82) is 0 Å². The van der Waals surface area contributed by atoms with Crippen LogP contribution in [0.4, 0.5) is 0 Å². The first-order chi connectivity index (χ1) is 9.43. The maximum Gasteiger partial charge on any atom is 0.332 e. The lowest BCUT2D eigenvalue weighted by Gasteiger charge is -2.08. The van der Waals surface area contributed by atoms with Gasteiger partial charge in [0.25, 0.3) is 5.52 Å². The Kier molecular flexibility index (Phi) is 3.51. The van der Waals surface area contributed by atoms with Gasteiger partial charge in [-0.1, -0.05) is 12.1 Å². The third-order valence-corrected chi connectivity index (χ3v) is 2.81. The Balaban J connectivity index is 2.79. The monoisotopic (exact) mass is 277 g/mol. The van der Waals surface area contributed by atoms with Crippen molar-refractivity contribution in [3.63, 3.8) is 0 Å². The number of carbonyl (C=O) groups excluding carboxylic acids is 2. The third-order valence-electron chi connectivity index (χ3n) is 2.81. The summed E-state index contributed by atoms with van der Waals surface area (Å²) >= 11 is 0. The Morgan fingerprint density at radius 1 is 1.30 bits per heavy atom. The van der Waals surface area contributed by atoms with E-state index >= 15 is 0 Å². The third kappa shape index (κ3) is 2.25. The van der Waals surface area contributed by atoms with Gasteiger partial charge in [-0.05, 0) is 6.07 Å². The first-order valence-electron chi connectivity index (χ1n) is 5.86. The zero-order chi connectivity index (χ0) is 14.9. The van der Waals surface area contributed by atoms with Gasteiger partial charge in [0.2, 0.25) is 5.78 Å². The highest BCUT2D eigenvalue weighted by atomic mass is 16.5. The van der Waals surface area contributed by atoms with Crippen LogP contribution < -0.4 is 4.43 Å². The van der Waals surface area contributed by atoms with Gasteiger partial charge < -0.3 is 9.94 Å². The summed E-state index contributed by atoms with van der Waals surface area (Å²) in [5.74, 6) is -1.11. The summed E-state index contributed by atoms with van der Waals surface area (Å²) < 4.78 is 5.91. The molecule has 1 heterocycles. The number of ketones is 1. The van der Waals surface area contributed by atoms with E-state index in [0.717, 1.165) is 0 Å². The van der Waals surface area contributed by atoms with E-state index in [9.17, 15) is 19.7 Å². The topological polar surface area (TPSA) is 91.5 Å². The molecule has 2 rings (SSSR count). The van der Waals surface area contributed by atoms with Crippen molar-refractivity contribution < 1.29 is 24.0 Å².